The van der Waals surface area contributed by atoms with Gasteiger partial charge in [-0.1, -0.05) is 121 Å². The Kier molecular flexibility index (Phi) is 6.77. The summed E-state index contributed by atoms with van der Waals surface area (Å²) in [5, 5.41) is 6.63. The van der Waals surface area contributed by atoms with Gasteiger partial charge in [-0.2, -0.15) is 0 Å². The molecule has 0 radical (unpaired) electrons. The first kappa shape index (κ1) is 29.2. The third-order valence-electron chi connectivity index (χ3n) is 14.6. The Hall–Kier alpha value is -2.73. The summed E-state index contributed by atoms with van der Waals surface area (Å²) >= 11 is 0. The van der Waals surface area contributed by atoms with Crippen LogP contribution in [-0.4, -0.2) is 16.6 Å². The Morgan fingerprint density at radius 1 is 0.340 bits per heavy atom. The monoisotopic (exact) mass is 650 g/mol. The molecule has 1 nitrogen and oxygen atoms in total. The van der Waals surface area contributed by atoms with Gasteiger partial charge in [0, 0.05) is 0 Å². The van der Waals surface area contributed by atoms with Gasteiger partial charge < -0.3 is 4.12 Å². The highest BCUT2D eigenvalue weighted by Crippen LogP contribution is 2.71. The first-order valence-electron chi connectivity index (χ1n) is 19.0. The molecular formula is C44H50OSi2. The molecule has 12 rings (SSSR count). The van der Waals surface area contributed by atoms with Crippen molar-refractivity contribution < 1.29 is 4.12 Å². The van der Waals surface area contributed by atoms with Crippen molar-refractivity contribution in [3.05, 3.63) is 121 Å². The average molecular weight is 651 g/mol. The molecule has 0 spiro atoms. The standard InChI is InChI=1S/C44H50OSi2/c1-5-13-39(14-6-1)46(40-15-7-2-8-16-40,43-27-33-21-34(28-43)23-35(22-33)29-43)45-47(41-17-9-3-10-18-41,42-19-11-4-12-20-42)44-30-36-24-37(31-44)26-38(25-36)32-44/h1-20,33-38H,21-32H2. The van der Waals surface area contributed by atoms with Crippen molar-refractivity contribution in [2.45, 2.75) is 87.1 Å². The van der Waals surface area contributed by atoms with Crippen LogP contribution < -0.4 is 20.7 Å². The molecule has 8 aliphatic carbocycles. The molecule has 47 heavy (non-hydrogen) atoms. The van der Waals surface area contributed by atoms with Gasteiger partial charge in [0.05, 0.1) is 0 Å². The predicted octanol–water partition coefficient (Wildman–Crippen LogP) is 8.46. The molecule has 8 bridgehead atoms. The van der Waals surface area contributed by atoms with Gasteiger partial charge in [-0.05, 0) is 143 Å². The van der Waals surface area contributed by atoms with Crippen molar-refractivity contribution in [2.75, 3.05) is 0 Å². The highest BCUT2D eigenvalue weighted by atomic mass is 28.4. The lowest BCUT2D eigenvalue weighted by Crippen LogP contribution is -2.81. The smallest absolute Gasteiger partial charge is 0.251 e. The van der Waals surface area contributed by atoms with Crippen molar-refractivity contribution in [1.82, 2.24) is 0 Å². The van der Waals surface area contributed by atoms with Crippen molar-refractivity contribution >= 4 is 37.4 Å². The lowest BCUT2D eigenvalue weighted by Gasteiger charge is -2.67. The third-order valence-corrected chi connectivity index (χ3v) is 25.8. The van der Waals surface area contributed by atoms with Crippen molar-refractivity contribution in [3.8, 4) is 0 Å². The molecule has 0 aromatic heterocycles. The van der Waals surface area contributed by atoms with Crippen LogP contribution in [0.15, 0.2) is 121 Å². The van der Waals surface area contributed by atoms with Crippen LogP contribution in [0.1, 0.15) is 77.0 Å². The molecule has 0 heterocycles. The molecule has 4 aromatic rings. The summed E-state index contributed by atoms with van der Waals surface area (Å²) < 4.78 is 9.22. The Labute approximate surface area is 284 Å². The second-order valence-electron chi connectivity index (χ2n) is 17.3. The van der Waals surface area contributed by atoms with Gasteiger partial charge in [-0.15, -0.1) is 0 Å². The van der Waals surface area contributed by atoms with Crippen LogP contribution in [0, 0.1) is 35.5 Å². The third kappa shape index (κ3) is 4.28. The van der Waals surface area contributed by atoms with E-state index in [1.54, 1.807) is 20.7 Å². The Bertz CT molecular complexity index is 1440. The maximum Gasteiger partial charge on any atom is 0.251 e. The highest BCUT2D eigenvalue weighted by molar-refractivity contribution is 7.11. The average Bonchev–Trinajstić information content (AvgIpc) is 3.09. The summed E-state index contributed by atoms with van der Waals surface area (Å²) in [7, 11) is -5.78. The largest absolute Gasteiger partial charge is 0.441 e. The molecule has 0 atom stereocenters. The van der Waals surface area contributed by atoms with Gasteiger partial charge >= 0.3 is 0 Å². The second-order valence-corrected chi connectivity index (χ2v) is 25.3. The summed E-state index contributed by atoms with van der Waals surface area (Å²) in [4.78, 5) is 0. The molecule has 0 N–H and O–H groups in total. The fourth-order valence-corrected chi connectivity index (χ4v) is 28.7. The van der Waals surface area contributed by atoms with Crippen LogP contribution in [0.3, 0.4) is 0 Å². The summed E-state index contributed by atoms with van der Waals surface area (Å²) in [6, 6.07) is 47.8. The van der Waals surface area contributed by atoms with Crippen LogP contribution in [0.5, 0.6) is 0 Å². The molecule has 8 aliphatic rings. The molecular weight excluding hydrogens is 601 g/mol. The maximum absolute atomic E-state index is 9.22. The minimum Gasteiger partial charge on any atom is -0.441 e. The van der Waals surface area contributed by atoms with Gasteiger partial charge in [0.25, 0.3) is 16.6 Å². The Balaban J connectivity index is 1.31. The molecule has 0 saturated heterocycles. The molecule has 0 aliphatic heterocycles. The zero-order valence-electron chi connectivity index (χ0n) is 27.9. The van der Waals surface area contributed by atoms with Crippen LogP contribution in [-0.2, 0) is 4.12 Å². The van der Waals surface area contributed by atoms with E-state index in [1.165, 1.54) is 77.0 Å². The van der Waals surface area contributed by atoms with Crippen molar-refractivity contribution in [3.63, 3.8) is 0 Å². The minimum absolute atomic E-state index is 0.231. The second kappa shape index (κ2) is 10.9. The maximum atomic E-state index is 9.22. The van der Waals surface area contributed by atoms with E-state index < -0.39 is 16.6 Å². The van der Waals surface area contributed by atoms with E-state index in [-0.39, 0.29) is 10.1 Å². The SMILES string of the molecule is c1ccc([Si](O[Si](c2ccccc2)(c2ccccc2)C23CC4CC(CC(C4)C2)C3)(c2ccccc2)C23CC4CC(CC(C4)C2)C3)cc1. The van der Waals surface area contributed by atoms with Gasteiger partial charge in [-0.25, -0.2) is 0 Å². The van der Waals surface area contributed by atoms with E-state index in [1.807, 2.05) is 0 Å². The van der Waals surface area contributed by atoms with Crippen LogP contribution >= 0.6 is 0 Å². The zero-order valence-corrected chi connectivity index (χ0v) is 29.9. The molecule has 8 fully saturated rings. The van der Waals surface area contributed by atoms with Gasteiger partial charge in [0.1, 0.15) is 0 Å². The first-order valence-corrected chi connectivity index (χ1v) is 22.8. The molecule has 240 valence electrons. The molecule has 3 heteroatoms. The molecule has 0 amide bonds. The van der Waals surface area contributed by atoms with E-state index in [9.17, 15) is 4.12 Å². The van der Waals surface area contributed by atoms with Crippen LogP contribution in [0.4, 0.5) is 0 Å². The van der Waals surface area contributed by atoms with E-state index in [4.69, 9.17) is 0 Å². The van der Waals surface area contributed by atoms with Gasteiger partial charge in [0.15, 0.2) is 0 Å². The van der Waals surface area contributed by atoms with E-state index in [2.05, 4.69) is 121 Å². The fourth-order valence-electron chi connectivity index (χ4n) is 14.0. The van der Waals surface area contributed by atoms with Crippen LogP contribution in [0.2, 0.25) is 10.1 Å². The summed E-state index contributed by atoms with van der Waals surface area (Å²) in [6.45, 7) is 0. The number of hydrogen-bond donors (Lipinski definition) is 0. The lowest BCUT2D eigenvalue weighted by molar-refractivity contribution is 0.0146. The fraction of sp³-hybridized carbons (Fsp3) is 0.455. The topological polar surface area (TPSA) is 9.23 Å². The molecule has 4 aromatic carbocycles. The van der Waals surface area contributed by atoms with Gasteiger partial charge in [0.2, 0.25) is 0 Å². The Morgan fingerprint density at radius 3 is 0.766 bits per heavy atom. The summed E-state index contributed by atoms with van der Waals surface area (Å²) in [6.07, 6.45) is 17.0. The Morgan fingerprint density at radius 2 is 0.553 bits per heavy atom. The normalized spacial score (nSPS) is 35.3. The first-order chi connectivity index (χ1) is 23.1. The highest BCUT2D eigenvalue weighted by Gasteiger charge is 2.71. The quantitative estimate of drug-likeness (QED) is 0.174. The summed E-state index contributed by atoms with van der Waals surface area (Å²) in [5.41, 5.74) is 0. The predicted molar refractivity (Wildman–Crippen MR) is 199 cm³/mol. The zero-order chi connectivity index (χ0) is 31.1. The van der Waals surface area contributed by atoms with E-state index in [0.29, 0.717) is 0 Å². The van der Waals surface area contributed by atoms with Crippen LogP contribution in [0.25, 0.3) is 0 Å². The van der Waals surface area contributed by atoms with E-state index >= 15 is 0 Å². The summed E-state index contributed by atoms with van der Waals surface area (Å²) in [5.74, 6) is 5.21. The van der Waals surface area contributed by atoms with Crippen molar-refractivity contribution in [1.29, 1.82) is 0 Å². The minimum atomic E-state index is -2.89. The van der Waals surface area contributed by atoms with Crippen molar-refractivity contribution in [2.24, 2.45) is 35.5 Å². The number of benzene rings is 4. The number of hydrogen-bond acceptors (Lipinski definition) is 1. The van der Waals surface area contributed by atoms with E-state index in [0.717, 1.165) is 35.5 Å². The molecule has 0 unspecified atom stereocenters. The number of rotatable bonds is 8. The molecule has 8 saturated carbocycles. The van der Waals surface area contributed by atoms with Gasteiger partial charge in [-0.3, -0.25) is 0 Å². The lowest BCUT2D eigenvalue weighted by atomic mass is 9.56.